The highest BCUT2D eigenvalue weighted by Crippen LogP contribution is 2.36. The van der Waals surface area contributed by atoms with Crippen molar-refractivity contribution in [2.24, 2.45) is 5.92 Å². The lowest BCUT2D eigenvalue weighted by Crippen LogP contribution is -2.20. The molecule has 2 aliphatic rings. The summed E-state index contributed by atoms with van der Waals surface area (Å²) >= 11 is 7.85. The first-order valence-corrected chi connectivity index (χ1v) is 10.5. The number of rotatable bonds is 4. The molecule has 0 atom stereocenters. The molecule has 0 saturated heterocycles. The lowest BCUT2D eigenvalue weighted by Gasteiger charge is -2.21. The Hall–Kier alpha value is -1.46. The number of hydrogen-bond acceptors (Lipinski definition) is 3. The summed E-state index contributed by atoms with van der Waals surface area (Å²) in [7, 11) is 0. The molecule has 1 fully saturated rings. The van der Waals surface area contributed by atoms with Crippen molar-refractivity contribution in [3.63, 3.8) is 0 Å². The molecule has 0 radical (unpaired) electrons. The Morgan fingerprint density at radius 3 is 2.72 bits per heavy atom. The average Bonchev–Trinajstić information content (AvgIpc) is 3.19. The number of anilines is 1. The molecule has 2 heterocycles. The second-order valence-electron chi connectivity index (χ2n) is 6.91. The van der Waals surface area contributed by atoms with Crippen LogP contribution < -0.4 is 5.32 Å². The number of nitrogens with zero attached hydrogens (tertiary/aromatic N) is 2. The molecule has 6 heteroatoms. The van der Waals surface area contributed by atoms with Gasteiger partial charge in [-0.2, -0.15) is 16.9 Å². The summed E-state index contributed by atoms with van der Waals surface area (Å²) in [6.07, 6.45) is 6.80. The zero-order valence-electron chi connectivity index (χ0n) is 14.1. The van der Waals surface area contributed by atoms with Gasteiger partial charge < -0.3 is 5.32 Å². The Bertz CT molecular complexity index is 766. The first kappa shape index (κ1) is 17.0. The number of hydrogen-bond donors (Lipinski definition) is 1. The molecule has 1 aliphatic carbocycles. The van der Waals surface area contributed by atoms with Crippen LogP contribution in [0.4, 0.5) is 5.82 Å². The lowest BCUT2D eigenvalue weighted by atomic mass is 9.87. The third kappa shape index (κ3) is 3.72. The number of fused-ring (bicyclic) bond motifs is 1. The van der Waals surface area contributed by atoms with Gasteiger partial charge in [0.15, 0.2) is 0 Å². The van der Waals surface area contributed by atoms with Gasteiger partial charge in [-0.05, 0) is 43.0 Å². The lowest BCUT2D eigenvalue weighted by molar-refractivity contribution is -0.117. The second-order valence-corrected chi connectivity index (χ2v) is 8.33. The van der Waals surface area contributed by atoms with Crippen molar-refractivity contribution in [3.05, 3.63) is 40.5 Å². The van der Waals surface area contributed by atoms with Gasteiger partial charge in [0.25, 0.3) is 0 Å². The van der Waals surface area contributed by atoms with Crippen LogP contribution in [0.5, 0.6) is 0 Å². The maximum absolute atomic E-state index is 12.6. The molecule has 1 aliphatic heterocycles. The van der Waals surface area contributed by atoms with Crippen LogP contribution in [-0.2, 0) is 16.3 Å². The van der Waals surface area contributed by atoms with E-state index in [2.05, 4.69) is 5.32 Å². The Morgan fingerprint density at radius 2 is 1.96 bits per heavy atom. The van der Waals surface area contributed by atoms with E-state index in [1.165, 1.54) is 32.1 Å². The number of thioether (sulfide) groups is 1. The normalized spacial score (nSPS) is 17.5. The van der Waals surface area contributed by atoms with Gasteiger partial charge in [0.2, 0.25) is 5.91 Å². The molecular weight excluding hydrogens is 354 g/mol. The molecule has 2 aromatic rings. The van der Waals surface area contributed by atoms with E-state index in [0.717, 1.165) is 34.3 Å². The van der Waals surface area contributed by atoms with E-state index in [9.17, 15) is 4.79 Å². The number of carbonyl (C=O) groups is 1. The van der Waals surface area contributed by atoms with Crippen LogP contribution in [0, 0.1) is 5.92 Å². The average molecular weight is 376 g/mol. The van der Waals surface area contributed by atoms with E-state index < -0.39 is 0 Å². The van der Waals surface area contributed by atoms with Crippen molar-refractivity contribution >= 4 is 35.1 Å². The van der Waals surface area contributed by atoms with Crippen molar-refractivity contribution in [2.45, 2.75) is 50.0 Å². The zero-order chi connectivity index (χ0) is 17.2. The van der Waals surface area contributed by atoms with Crippen LogP contribution in [0.2, 0.25) is 5.02 Å². The molecule has 1 N–H and O–H groups in total. The fourth-order valence-electron chi connectivity index (χ4n) is 3.75. The first-order valence-electron chi connectivity index (χ1n) is 8.95. The molecule has 1 aromatic carbocycles. The number of benzene rings is 1. The highest BCUT2D eigenvalue weighted by Gasteiger charge is 2.25. The predicted octanol–water partition coefficient (Wildman–Crippen LogP) is 5.18. The predicted molar refractivity (Wildman–Crippen MR) is 103 cm³/mol. The number of nitrogens with one attached hydrogen (secondary N) is 1. The summed E-state index contributed by atoms with van der Waals surface area (Å²) in [5.74, 6) is 3.29. The molecule has 1 amide bonds. The van der Waals surface area contributed by atoms with Gasteiger partial charge in [0.1, 0.15) is 5.82 Å². The van der Waals surface area contributed by atoms with Crippen molar-refractivity contribution < 1.29 is 4.79 Å². The van der Waals surface area contributed by atoms with Crippen LogP contribution in [0.25, 0.3) is 5.69 Å². The van der Waals surface area contributed by atoms with Crippen molar-refractivity contribution in [2.75, 3.05) is 5.32 Å². The largest absolute Gasteiger partial charge is 0.310 e. The highest BCUT2D eigenvalue weighted by atomic mass is 35.5. The number of halogens is 1. The fourth-order valence-corrected chi connectivity index (χ4v) is 4.91. The minimum atomic E-state index is 0.113. The Labute approximate surface area is 157 Å². The van der Waals surface area contributed by atoms with Crippen LogP contribution in [0.1, 0.15) is 49.8 Å². The maximum atomic E-state index is 12.6. The molecule has 0 unspecified atom stereocenters. The second kappa shape index (κ2) is 7.42. The molecule has 0 bridgehead atoms. The summed E-state index contributed by atoms with van der Waals surface area (Å²) < 4.78 is 1.86. The van der Waals surface area contributed by atoms with E-state index in [0.29, 0.717) is 17.4 Å². The van der Waals surface area contributed by atoms with Crippen LogP contribution in [0.15, 0.2) is 24.3 Å². The quantitative estimate of drug-likeness (QED) is 0.800. The van der Waals surface area contributed by atoms with Gasteiger partial charge in [-0.3, -0.25) is 4.79 Å². The van der Waals surface area contributed by atoms with Crippen molar-refractivity contribution in [3.8, 4) is 5.69 Å². The minimum Gasteiger partial charge on any atom is -0.310 e. The summed E-state index contributed by atoms with van der Waals surface area (Å²) in [5, 5.41) is 8.59. The maximum Gasteiger partial charge on any atom is 0.225 e. The van der Waals surface area contributed by atoms with E-state index in [4.69, 9.17) is 16.7 Å². The molecular formula is C19H22ClN3OS. The first-order chi connectivity index (χ1) is 12.2. The SMILES string of the molecule is O=C(CC1CCCCC1)Nc1c2c(nn1-c1ccc(Cl)cc1)CSC2. The topological polar surface area (TPSA) is 46.9 Å². The molecule has 0 spiro atoms. The van der Waals surface area contributed by atoms with E-state index >= 15 is 0 Å². The highest BCUT2D eigenvalue weighted by molar-refractivity contribution is 7.98. The monoisotopic (exact) mass is 375 g/mol. The number of amides is 1. The molecule has 132 valence electrons. The third-order valence-corrected chi connectivity index (χ3v) is 6.30. The number of aromatic nitrogens is 2. The van der Waals surface area contributed by atoms with Gasteiger partial charge in [0, 0.05) is 28.5 Å². The van der Waals surface area contributed by atoms with Gasteiger partial charge in [0.05, 0.1) is 11.4 Å². The van der Waals surface area contributed by atoms with E-state index in [1.54, 1.807) is 0 Å². The van der Waals surface area contributed by atoms with Gasteiger partial charge in [-0.15, -0.1) is 0 Å². The van der Waals surface area contributed by atoms with Crippen molar-refractivity contribution in [1.82, 2.24) is 9.78 Å². The van der Waals surface area contributed by atoms with Crippen LogP contribution >= 0.6 is 23.4 Å². The van der Waals surface area contributed by atoms with E-state index in [1.807, 2.05) is 40.7 Å². The fraction of sp³-hybridized carbons (Fsp3) is 0.474. The van der Waals surface area contributed by atoms with E-state index in [-0.39, 0.29) is 5.91 Å². The van der Waals surface area contributed by atoms with Gasteiger partial charge >= 0.3 is 0 Å². The Balaban J connectivity index is 1.57. The molecule has 25 heavy (non-hydrogen) atoms. The zero-order valence-corrected chi connectivity index (χ0v) is 15.7. The van der Waals surface area contributed by atoms with Crippen LogP contribution in [-0.4, -0.2) is 15.7 Å². The third-order valence-electron chi connectivity index (χ3n) is 5.08. The summed E-state index contributed by atoms with van der Waals surface area (Å²) in [4.78, 5) is 12.6. The Kier molecular flexibility index (Phi) is 5.04. The molecule has 1 saturated carbocycles. The standard InChI is InChI=1S/C19H22ClN3OS/c20-14-6-8-15(9-7-14)23-19(16-11-25-12-17(16)22-23)21-18(24)10-13-4-2-1-3-5-13/h6-9,13H,1-5,10-12H2,(H,21,24). The smallest absolute Gasteiger partial charge is 0.225 e. The number of carbonyl (C=O) groups excluding carboxylic acids is 1. The van der Waals surface area contributed by atoms with Gasteiger partial charge in [-0.25, -0.2) is 4.68 Å². The summed E-state index contributed by atoms with van der Waals surface area (Å²) in [6, 6.07) is 7.58. The molecule has 4 rings (SSSR count). The molecule has 1 aromatic heterocycles. The molecule has 4 nitrogen and oxygen atoms in total. The summed E-state index contributed by atoms with van der Waals surface area (Å²) in [5.41, 5.74) is 3.17. The summed E-state index contributed by atoms with van der Waals surface area (Å²) in [6.45, 7) is 0. The minimum absolute atomic E-state index is 0.113. The Morgan fingerprint density at radius 1 is 1.20 bits per heavy atom. The van der Waals surface area contributed by atoms with Gasteiger partial charge in [-0.1, -0.05) is 30.9 Å². The van der Waals surface area contributed by atoms with Crippen molar-refractivity contribution in [1.29, 1.82) is 0 Å². The van der Waals surface area contributed by atoms with Crippen LogP contribution in [0.3, 0.4) is 0 Å².